The third kappa shape index (κ3) is 2.91. The number of nitrogens with one attached hydrogen (secondary N) is 1. The molecule has 7 heteroatoms. The molecule has 0 radical (unpaired) electrons. The summed E-state index contributed by atoms with van der Waals surface area (Å²) in [5.41, 5.74) is 0.342. The summed E-state index contributed by atoms with van der Waals surface area (Å²) in [6.45, 7) is 0. The Labute approximate surface area is 133 Å². The van der Waals surface area contributed by atoms with Crippen LogP contribution < -0.4 is 10.3 Å². The second-order valence-corrected chi connectivity index (χ2v) is 6.64. The van der Waals surface area contributed by atoms with Crippen LogP contribution in [0.25, 0.3) is 5.69 Å². The van der Waals surface area contributed by atoms with Gasteiger partial charge in [0, 0.05) is 13.1 Å². The predicted molar refractivity (Wildman–Crippen MR) is 88.3 cm³/mol. The van der Waals surface area contributed by atoms with Gasteiger partial charge in [-0.1, -0.05) is 36.4 Å². The van der Waals surface area contributed by atoms with E-state index in [9.17, 15) is 13.2 Å². The molecular weight excluding hydrogens is 314 g/mol. The second-order valence-electron chi connectivity index (χ2n) is 4.96. The van der Waals surface area contributed by atoms with Gasteiger partial charge in [-0.25, -0.2) is 13.1 Å². The van der Waals surface area contributed by atoms with Crippen LogP contribution in [0.3, 0.4) is 0 Å². The normalized spacial score (nSPS) is 11.3. The standard InChI is InChI=1S/C16H15N3O3S/c1-18-15(17-23(21,22)14-10-6-3-7-11-14)12-16(20)19(18)13-8-4-2-5-9-13/h2-12,17H,1H3. The number of hydrogen-bond acceptors (Lipinski definition) is 3. The molecule has 0 unspecified atom stereocenters. The Morgan fingerprint density at radius 2 is 1.48 bits per heavy atom. The van der Waals surface area contributed by atoms with Crippen molar-refractivity contribution in [1.29, 1.82) is 0 Å². The van der Waals surface area contributed by atoms with E-state index in [1.165, 1.54) is 27.6 Å². The van der Waals surface area contributed by atoms with E-state index in [1.807, 2.05) is 18.2 Å². The van der Waals surface area contributed by atoms with Crippen LogP contribution in [0.15, 0.2) is 76.4 Å². The van der Waals surface area contributed by atoms with Crippen LogP contribution in [0.4, 0.5) is 5.82 Å². The first-order valence-electron chi connectivity index (χ1n) is 6.91. The lowest BCUT2D eigenvalue weighted by atomic mass is 10.3. The molecule has 3 aromatic rings. The average Bonchev–Trinajstić information content (AvgIpc) is 2.82. The van der Waals surface area contributed by atoms with Crippen LogP contribution in [-0.4, -0.2) is 17.8 Å². The lowest BCUT2D eigenvalue weighted by molar-refractivity contribution is 0.598. The number of rotatable bonds is 4. The van der Waals surface area contributed by atoms with Crippen LogP contribution in [0.2, 0.25) is 0 Å². The molecule has 0 atom stereocenters. The highest BCUT2D eigenvalue weighted by molar-refractivity contribution is 7.92. The number of para-hydroxylation sites is 1. The molecule has 0 spiro atoms. The van der Waals surface area contributed by atoms with Crippen LogP contribution >= 0.6 is 0 Å². The molecule has 0 aliphatic heterocycles. The smallest absolute Gasteiger partial charge is 0.267 e. The van der Waals surface area contributed by atoms with Gasteiger partial charge in [0.15, 0.2) is 0 Å². The summed E-state index contributed by atoms with van der Waals surface area (Å²) in [5.74, 6) is 0.197. The topological polar surface area (TPSA) is 73.1 Å². The molecule has 1 N–H and O–H groups in total. The summed E-state index contributed by atoms with van der Waals surface area (Å²) in [7, 11) is -2.12. The van der Waals surface area contributed by atoms with Crippen molar-refractivity contribution in [3.05, 3.63) is 77.1 Å². The Kier molecular flexibility index (Phi) is 3.79. The maximum atomic E-state index is 12.4. The zero-order valence-corrected chi connectivity index (χ0v) is 13.2. The summed E-state index contributed by atoms with van der Waals surface area (Å²) in [5, 5.41) is 0. The third-order valence-corrected chi connectivity index (χ3v) is 4.78. The van der Waals surface area contributed by atoms with Crippen LogP contribution in [0.1, 0.15) is 0 Å². The van der Waals surface area contributed by atoms with Crippen molar-refractivity contribution in [3.8, 4) is 5.69 Å². The first-order chi connectivity index (χ1) is 11.0. The molecule has 0 fully saturated rings. The maximum Gasteiger partial charge on any atom is 0.273 e. The van der Waals surface area contributed by atoms with Gasteiger partial charge < -0.3 is 0 Å². The maximum absolute atomic E-state index is 12.4. The first kappa shape index (κ1) is 15.1. The van der Waals surface area contributed by atoms with E-state index < -0.39 is 10.0 Å². The molecule has 3 rings (SSSR count). The third-order valence-electron chi connectivity index (χ3n) is 3.41. The Morgan fingerprint density at radius 1 is 0.913 bits per heavy atom. The summed E-state index contributed by atoms with van der Waals surface area (Å²) in [4.78, 5) is 12.3. The molecule has 6 nitrogen and oxygen atoms in total. The van der Waals surface area contributed by atoms with Crippen LogP contribution in [0, 0.1) is 0 Å². The monoisotopic (exact) mass is 329 g/mol. The lowest BCUT2D eigenvalue weighted by Gasteiger charge is -2.11. The molecule has 23 heavy (non-hydrogen) atoms. The fraction of sp³-hybridized carbons (Fsp3) is 0.0625. The number of sulfonamides is 1. The fourth-order valence-electron chi connectivity index (χ4n) is 2.29. The van der Waals surface area contributed by atoms with Crippen LogP contribution in [0.5, 0.6) is 0 Å². The van der Waals surface area contributed by atoms with Gasteiger partial charge in [-0.05, 0) is 24.3 Å². The highest BCUT2D eigenvalue weighted by atomic mass is 32.2. The zero-order chi connectivity index (χ0) is 16.4. The lowest BCUT2D eigenvalue weighted by Crippen LogP contribution is -2.20. The molecule has 1 aromatic heterocycles. The Bertz CT molecular complexity index is 974. The van der Waals surface area contributed by atoms with Crippen molar-refractivity contribution in [1.82, 2.24) is 9.36 Å². The molecule has 118 valence electrons. The number of benzene rings is 2. The molecule has 0 saturated heterocycles. The molecule has 0 aliphatic rings. The van der Waals surface area contributed by atoms with E-state index in [-0.39, 0.29) is 16.3 Å². The van der Waals surface area contributed by atoms with Gasteiger partial charge in [0.2, 0.25) is 0 Å². The summed E-state index contributed by atoms with van der Waals surface area (Å²) >= 11 is 0. The van der Waals surface area contributed by atoms with Gasteiger partial charge in [0.25, 0.3) is 15.6 Å². The highest BCUT2D eigenvalue weighted by Gasteiger charge is 2.18. The quantitative estimate of drug-likeness (QED) is 0.795. The van der Waals surface area contributed by atoms with Crippen molar-refractivity contribution in [2.24, 2.45) is 7.05 Å². The summed E-state index contributed by atoms with van der Waals surface area (Å²) in [6.07, 6.45) is 0. The van der Waals surface area contributed by atoms with E-state index in [2.05, 4.69) is 4.72 Å². The molecule has 0 amide bonds. The van der Waals surface area contributed by atoms with E-state index in [0.717, 1.165) is 0 Å². The van der Waals surface area contributed by atoms with Gasteiger partial charge in [-0.2, -0.15) is 0 Å². The van der Waals surface area contributed by atoms with Crippen molar-refractivity contribution in [2.45, 2.75) is 4.90 Å². The Morgan fingerprint density at radius 3 is 2.09 bits per heavy atom. The summed E-state index contributed by atoms with van der Waals surface area (Å²) in [6, 6.07) is 18.3. The van der Waals surface area contributed by atoms with E-state index in [0.29, 0.717) is 5.69 Å². The molecule has 1 heterocycles. The van der Waals surface area contributed by atoms with E-state index >= 15 is 0 Å². The van der Waals surface area contributed by atoms with Crippen LogP contribution in [-0.2, 0) is 17.1 Å². The molecule has 0 bridgehead atoms. The van der Waals surface area contributed by atoms with Crippen molar-refractivity contribution < 1.29 is 8.42 Å². The van der Waals surface area contributed by atoms with Gasteiger partial charge in [-0.3, -0.25) is 14.2 Å². The summed E-state index contributed by atoms with van der Waals surface area (Å²) < 4.78 is 30.1. The molecule has 0 aliphatic carbocycles. The molecule has 0 saturated carbocycles. The highest BCUT2D eigenvalue weighted by Crippen LogP contribution is 2.15. The van der Waals surface area contributed by atoms with Gasteiger partial charge in [0.05, 0.1) is 10.6 Å². The molecular formula is C16H15N3O3S. The average molecular weight is 329 g/mol. The largest absolute Gasteiger partial charge is 0.273 e. The van der Waals surface area contributed by atoms with Crippen molar-refractivity contribution >= 4 is 15.8 Å². The van der Waals surface area contributed by atoms with Gasteiger partial charge in [0.1, 0.15) is 5.82 Å². The minimum absolute atomic E-state index is 0.139. The zero-order valence-electron chi connectivity index (χ0n) is 12.4. The first-order valence-corrected chi connectivity index (χ1v) is 8.40. The van der Waals surface area contributed by atoms with Crippen molar-refractivity contribution in [3.63, 3.8) is 0 Å². The Balaban J connectivity index is 2.02. The number of nitrogens with zero attached hydrogens (tertiary/aromatic N) is 2. The molecule has 2 aromatic carbocycles. The number of anilines is 1. The minimum Gasteiger partial charge on any atom is -0.267 e. The fourth-order valence-corrected chi connectivity index (χ4v) is 3.39. The van der Waals surface area contributed by atoms with Crippen molar-refractivity contribution in [2.75, 3.05) is 4.72 Å². The number of aromatic nitrogens is 2. The van der Waals surface area contributed by atoms with E-state index in [1.54, 1.807) is 37.4 Å². The Hall–Kier alpha value is -2.80. The van der Waals surface area contributed by atoms with E-state index in [4.69, 9.17) is 0 Å². The number of hydrogen-bond donors (Lipinski definition) is 1. The second kappa shape index (κ2) is 5.77. The van der Waals surface area contributed by atoms with Gasteiger partial charge in [-0.15, -0.1) is 0 Å². The van der Waals surface area contributed by atoms with Gasteiger partial charge >= 0.3 is 0 Å². The minimum atomic E-state index is -3.74. The SMILES string of the molecule is Cn1c(NS(=O)(=O)c2ccccc2)cc(=O)n1-c1ccccc1. The predicted octanol–water partition coefficient (Wildman–Crippen LogP) is 1.98.